The zero-order valence-corrected chi connectivity index (χ0v) is 18.7. The Bertz CT molecular complexity index is 532. The van der Waals surface area contributed by atoms with Crippen molar-refractivity contribution in [1.29, 1.82) is 0 Å². The van der Waals surface area contributed by atoms with Crippen molar-refractivity contribution in [1.82, 2.24) is 10.6 Å². The van der Waals surface area contributed by atoms with Crippen molar-refractivity contribution in [2.45, 2.75) is 65.2 Å². The molecule has 150 valence electrons. The van der Waals surface area contributed by atoms with Crippen LogP contribution in [0.15, 0.2) is 27.8 Å². The standard InChI is InChI=1S/C19H33N3O3.HI/c1-5-19(6-2)16(12-17(19)24-8-4)22-18(20-7-3)21-13-14(23)15-10-9-11-25-15;/h9-11,14,16-17,23H,5-8,12-13H2,1-4H3,(H2,20,21,22);1H. The van der Waals surface area contributed by atoms with E-state index in [-0.39, 0.29) is 35.9 Å². The van der Waals surface area contributed by atoms with Gasteiger partial charge in [-0.1, -0.05) is 13.8 Å². The number of nitrogens with zero attached hydrogens (tertiary/aromatic N) is 1. The molecule has 3 unspecified atom stereocenters. The molecule has 1 heterocycles. The third kappa shape index (κ3) is 5.13. The maximum Gasteiger partial charge on any atom is 0.191 e. The van der Waals surface area contributed by atoms with Gasteiger partial charge in [0.15, 0.2) is 5.96 Å². The Morgan fingerprint density at radius 1 is 1.38 bits per heavy atom. The molecular weight excluding hydrogens is 445 g/mol. The SMILES string of the molecule is CCNC(=NCC(O)c1ccco1)NC1CC(OCC)C1(CC)CC.I. The van der Waals surface area contributed by atoms with E-state index in [1.807, 2.05) is 6.92 Å². The van der Waals surface area contributed by atoms with E-state index in [0.29, 0.717) is 17.9 Å². The number of rotatable bonds is 9. The van der Waals surface area contributed by atoms with E-state index >= 15 is 0 Å². The summed E-state index contributed by atoms with van der Waals surface area (Å²) in [5, 5.41) is 17.0. The molecule has 1 fully saturated rings. The van der Waals surface area contributed by atoms with E-state index in [2.05, 4.69) is 36.4 Å². The molecule has 1 aromatic heterocycles. The van der Waals surface area contributed by atoms with Crippen molar-refractivity contribution in [3.05, 3.63) is 24.2 Å². The maximum absolute atomic E-state index is 10.2. The summed E-state index contributed by atoms with van der Waals surface area (Å²) in [4.78, 5) is 4.54. The monoisotopic (exact) mass is 479 g/mol. The van der Waals surface area contributed by atoms with Crippen LogP contribution < -0.4 is 10.6 Å². The zero-order chi connectivity index (χ0) is 18.3. The second kappa shape index (κ2) is 11.1. The van der Waals surface area contributed by atoms with E-state index < -0.39 is 6.10 Å². The number of aliphatic imine (C=N–C) groups is 1. The molecule has 1 aliphatic rings. The van der Waals surface area contributed by atoms with Crippen LogP contribution in [0.1, 0.15) is 58.8 Å². The van der Waals surface area contributed by atoms with Gasteiger partial charge in [-0.2, -0.15) is 0 Å². The highest BCUT2D eigenvalue weighted by atomic mass is 127. The average molecular weight is 479 g/mol. The number of furan rings is 1. The highest BCUT2D eigenvalue weighted by Crippen LogP contribution is 2.48. The highest BCUT2D eigenvalue weighted by Gasteiger charge is 2.53. The summed E-state index contributed by atoms with van der Waals surface area (Å²) in [6, 6.07) is 3.86. The smallest absolute Gasteiger partial charge is 0.191 e. The summed E-state index contributed by atoms with van der Waals surface area (Å²) < 4.78 is 11.2. The summed E-state index contributed by atoms with van der Waals surface area (Å²) in [5.74, 6) is 1.27. The van der Waals surface area contributed by atoms with Crippen LogP contribution in [0, 0.1) is 5.41 Å². The predicted octanol–water partition coefficient (Wildman–Crippen LogP) is 3.47. The average Bonchev–Trinajstić information content (AvgIpc) is 3.14. The molecule has 3 N–H and O–H groups in total. The fourth-order valence-corrected chi connectivity index (χ4v) is 3.82. The molecule has 0 spiro atoms. The van der Waals surface area contributed by atoms with Crippen molar-refractivity contribution in [3.63, 3.8) is 0 Å². The first-order valence-corrected chi connectivity index (χ1v) is 9.49. The Labute approximate surface area is 174 Å². The number of guanidine groups is 1. The van der Waals surface area contributed by atoms with Crippen LogP contribution >= 0.6 is 24.0 Å². The molecule has 0 amide bonds. The first kappa shape index (κ1) is 23.2. The van der Waals surface area contributed by atoms with Gasteiger partial charge in [0.2, 0.25) is 0 Å². The van der Waals surface area contributed by atoms with Gasteiger partial charge in [0.25, 0.3) is 0 Å². The molecule has 2 rings (SSSR count). The third-order valence-corrected chi connectivity index (χ3v) is 5.42. The minimum Gasteiger partial charge on any atom is -0.467 e. The number of aliphatic hydroxyl groups excluding tert-OH is 1. The van der Waals surface area contributed by atoms with Gasteiger partial charge >= 0.3 is 0 Å². The third-order valence-electron chi connectivity index (χ3n) is 5.42. The maximum atomic E-state index is 10.2. The van der Waals surface area contributed by atoms with Gasteiger partial charge in [-0.3, -0.25) is 4.99 Å². The lowest BCUT2D eigenvalue weighted by molar-refractivity contribution is -0.133. The van der Waals surface area contributed by atoms with Crippen LogP contribution in [0.3, 0.4) is 0 Å². The molecule has 0 radical (unpaired) electrons. The topological polar surface area (TPSA) is 79.0 Å². The van der Waals surface area contributed by atoms with Crippen molar-refractivity contribution < 1.29 is 14.3 Å². The molecule has 0 aromatic carbocycles. The van der Waals surface area contributed by atoms with E-state index in [1.165, 1.54) is 0 Å². The molecule has 3 atom stereocenters. The Kier molecular flexibility index (Phi) is 9.95. The summed E-state index contributed by atoms with van der Waals surface area (Å²) >= 11 is 0. The number of aliphatic hydroxyl groups is 1. The lowest BCUT2D eigenvalue weighted by atomic mass is 9.58. The van der Waals surface area contributed by atoms with Crippen molar-refractivity contribution >= 4 is 29.9 Å². The van der Waals surface area contributed by atoms with Crippen LogP contribution in [0.5, 0.6) is 0 Å². The van der Waals surface area contributed by atoms with Gasteiger partial charge in [0, 0.05) is 24.6 Å². The van der Waals surface area contributed by atoms with E-state index in [0.717, 1.165) is 38.4 Å². The Hall–Kier alpha value is -0.800. The first-order valence-electron chi connectivity index (χ1n) is 9.49. The quantitative estimate of drug-likeness (QED) is 0.287. The summed E-state index contributed by atoms with van der Waals surface area (Å²) in [5.41, 5.74) is 0.145. The van der Waals surface area contributed by atoms with Crippen molar-refractivity contribution in [2.75, 3.05) is 19.7 Å². The second-order valence-corrected chi connectivity index (χ2v) is 6.57. The van der Waals surface area contributed by atoms with Gasteiger partial charge in [-0.15, -0.1) is 24.0 Å². The minimum atomic E-state index is -0.731. The van der Waals surface area contributed by atoms with E-state index in [9.17, 15) is 5.11 Å². The molecule has 7 heteroatoms. The van der Waals surface area contributed by atoms with Crippen molar-refractivity contribution in [2.24, 2.45) is 10.4 Å². The summed E-state index contributed by atoms with van der Waals surface area (Å²) in [6.07, 6.45) is 4.26. The van der Waals surface area contributed by atoms with Crippen molar-refractivity contribution in [3.8, 4) is 0 Å². The lowest BCUT2D eigenvalue weighted by Crippen LogP contribution is -2.65. The number of halogens is 1. The van der Waals surface area contributed by atoms with E-state index in [1.54, 1.807) is 18.4 Å². The van der Waals surface area contributed by atoms with Gasteiger partial charge in [-0.25, -0.2) is 0 Å². The zero-order valence-electron chi connectivity index (χ0n) is 16.3. The van der Waals surface area contributed by atoms with Gasteiger partial charge in [0.1, 0.15) is 11.9 Å². The second-order valence-electron chi connectivity index (χ2n) is 6.57. The normalized spacial score (nSPS) is 22.9. The molecule has 26 heavy (non-hydrogen) atoms. The first-order chi connectivity index (χ1) is 12.1. The molecule has 1 saturated carbocycles. The van der Waals surface area contributed by atoms with Gasteiger partial charge < -0.3 is 24.9 Å². The number of hydrogen-bond donors (Lipinski definition) is 3. The summed E-state index contributed by atoms with van der Waals surface area (Å²) in [6.45, 7) is 10.3. The molecular formula is C19H34IN3O3. The molecule has 1 aliphatic carbocycles. The fourth-order valence-electron chi connectivity index (χ4n) is 3.82. The Morgan fingerprint density at radius 3 is 2.65 bits per heavy atom. The van der Waals surface area contributed by atoms with E-state index in [4.69, 9.17) is 9.15 Å². The number of ether oxygens (including phenoxy) is 1. The Balaban J connectivity index is 0.00000338. The van der Waals surface area contributed by atoms with Gasteiger partial charge in [0.05, 0.1) is 18.9 Å². The van der Waals surface area contributed by atoms with Crippen LogP contribution in [0.4, 0.5) is 0 Å². The predicted molar refractivity (Wildman–Crippen MR) is 115 cm³/mol. The van der Waals surface area contributed by atoms with Crippen LogP contribution in [0.25, 0.3) is 0 Å². The molecule has 0 saturated heterocycles. The lowest BCUT2D eigenvalue weighted by Gasteiger charge is -2.55. The highest BCUT2D eigenvalue weighted by molar-refractivity contribution is 14.0. The molecule has 1 aromatic rings. The molecule has 0 aliphatic heterocycles. The molecule has 0 bridgehead atoms. The van der Waals surface area contributed by atoms with Crippen LogP contribution in [-0.2, 0) is 4.74 Å². The number of nitrogens with one attached hydrogen (secondary N) is 2. The Morgan fingerprint density at radius 2 is 2.12 bits per heavy atom. The largest absolute Gasteiger partial charge is 0.467 e. The minimum absolute atomic E-state index is 0. The fraction of sp³-hybridized carbons (Fsp3) is 0.737. The van der Waals surface area contributed by atoms with Gasteiger partial charge in [-0.05, 0) is 45.2 Å². The molecule has 6 nitrogen and oxygen atoms in total. The van der Waals surface area contributed by atoms with Crippen LogP contribution in [0.2, 0.25) is 0 Å². The summed E-state index contributed by atoms with van der Waals surface area (Å²) in [7, 11) is 0. The van der Waals surface area contributed by atoms with Crippen LogP contribution in [-0.4, -0.2) is 42.9 Å². The number of hydrogen-bond acceptors (Lipinski definition) is 4.